The third kappa shape index (κ3) is 4.31. The predicted molar refractivity (Wildman–Crippen MR) is 108 cm³/mol. The van der Waals surface area contributed by atoms with Crippen molar-refractivity contribution in [2.75, 3.05) is 11.9 Å². The number of nitrogens with zero attached hydrogens (tertiary/aromatic N) is 4. The van der Waals surface area contributed by atoms with E-state index in [2.05, 4.69) is 48.4 Å². The van der Waals surface area contributed by atoms with Crippen LogP contribution in [0, 0.1) is 11.3 Å². The second-order valence-electron chi connectivity index (χ2n) is 8.07. The summed E-state index contributed by atoms with van der Waals surface area (Å²) in [5.74, 6) is -0.818. The number of amides is 1. The molecule has 2 aromatic heterocycles. The van der Waals surface area contributed by atoms with E-state index in [9.17, 15) is 9.59 Å². The third-order valence-corrected chi connectivity index (χ3v) is 5.99. The van der Waals surface area contributed by atoms with Crippen LogP contribution < -0.4 is 10.6 Å². The standard InChI is InChI=1S/C19H24N6O3S/c1-6-28-17(27)14-11-7-18(2,3)24-19(4,5)15(11)29-16(14)22-13(26)9-25-10-21-12(8-20)23-25/h10,24H,6-7,9H2,1-5H3,(H,22,26). The lowest BCUT2D eigenvalue weighted by atomic mass is 9.81. The van der Waals surface area contributed by atoms with Gasteiger partial charge in [0.1, 0.15) is 23.9 Å². The molecule has 0 aliphatic carbocycles. The van der Waals surface area contributed by atoms with Crippen molar-refractivity contribution in [3.05, 3.63) is 28.2 Å². The Labute approximate surface area is 173 Å². The van der Waals surface area contributed by atoms with E-state index < -0.39 is 5.97 Å². The first-order valence-electron chi connectivity index (χ1n) is 9.28. The highest BCUT2D eigenvalue weighted by atomic mass is 32.1. The van der Waals surface area contributed by atoms with E-state index >= 15 is 0 Å². The van der Waals surface area contributed by atoms with Crippen molar-refractivity contribution in [2.45, 2.75) is 58.7 Å². The van der Waals surface area contributed by atoms with E-state index in [1.165, 1.54) is 22.3 Å². The van der Waals surface area contributed by atoms with Crippen molar-refractivity contribution in [3.8, 4) is 6.07 Å². The van der Waals surface area contributed by atoms with Gasteiger partial charge in [-0.2, -0.15) is 5.26 Å². The van der Waals surface area contributed by atoms with Crippen LogP contribution in [0.3, 0.4) is 0 Å². The van der Waals surface area contributed by atoms with Crippen LogP contribution in [0.15, 0.2) is 6.33 Å². The molecule has 154 valence electrons. The van der Waals surface area contributed by atoms with Crippen molar-refractivity contribution in [1.82, 2.24) is 20.1 Å². The predicted octanol–water partition coefficient (Wildman–Crippen LogP) is 2.19. The zero-order chi connectivity index (χ0) is 21.4. The number of hydrogen-bond acceptors (Lipinski definition) is 8. The van der Waals surface area contributed by atoms with E-state index in [0.717, 1.165) is 10.4 Å². The molecule has 10 heteroatoms. The van der Waals surface area contributed by atoms with Gasteiger partial charge in [-0.05, 0) is 46.6 Å². The van der Waals surface area contributed by atoms with Crippen LogP contribution in [0.1, 0.15) is 61.2 Å². The van der Waals surface area contributed by atoms with Gasteiger partial charge in [0.25, 0.3) is 5.82 Å². The summed E-state index contributed by atoms with van der Waals surface area (Å²) in [6, 6.07) is 1.82. The highest BCUT2D eigenvalue weighted by Crippen LogP contribution is 2.45. The van der Waals surface area contributed by atoms with E-state index in [1.54, 1.807) is 6.92 Å². The molecule has 3 rings (SSSR count). The fourth-order valence-electron chi connectivity index (χ4n) is 3.77. The molecule has 0 unspecified atom stereocenters. The van der Waals surface area contributed by atoms with Gasteiger partial charge in [0.2, 0.25) is 5.91 Å². The molecule has 0 saturated carbocycles. The van der Waals surface area contributed by atoms with Gasteiger partial charge in [-0.25, -0.2) is 14.5 Å². The monoisotopic (exact) mass is 416 g/mol. The highest BCUT2D eigenvalue weighted by molar-refractivity contribution is 7.17. The Bertz CT molecular complexity index is 998. The van der Waals surface area contributed by atoms with Gasteiger partial charge in [-0.15, -0.1) is 16.4 Å². The minimum absolute atomic E-state index is 0.00773. The lowest BCUT2D eigenvalue weighted by molar-refractivity contribution is -0.116. The molecular formula is C19H24N6O3S. The van der Waals surface area contributed by atoms with Crippen LogP contribution in [-0.2, 0) is 28.0 Å². The molecule has 1 amide bonds. The van der Waals surface area contributed by atoms with Gasteiger partial charge in [0, 0.05) is 16.0 Å². The summed E-state index contributed by atoms with van der Waals surface area (Å²) in [5, 5.41) is 19.6. The molecule has 29 heavy (non-hydrogen) atoms. The van der Waals surface area contributed by atoms with Crippen molar-refractivity contribution in [3.63, 3.8) is 0 Å². The summed E-state index contributed by atoms with van der Waals surface area (Å²) in [6.07, 6.45) is 1.96. The van der Waals surface area contributed by atoms with Gasteiger partial charge >= 0.3 is 5.97 Å². The van der Waals surface area contributed by atoms with E-state index in [1.807, 2.05) is 6.07 Å². The Hall–Kier alpha value is -2.77. The number of carbonyl (C=O) groups is 2. The summed E-state index contributed by atoms with van der Waals surface area (Å²) in [4.78, 5) is 30.1. The Morgan fingerprint density at radius 2 is 2.14 bits per heavy atom. The number of esters is 1. The quantitative estimate of drug-likeness (QED) is 0.716. The van der Waals surface area contributed by atoms with Gasteiger partial charge in [0.15, 0.2) is 0 Å². The van der Waals surface area contributed by atoms with Gasteiger partial charge < -0.3 is 15.4 Å². The molecule has 0 radical (unpaired) electrons. The minimum Gasteiger partial charge on any atom is -0.462 e. The lowest BCUT2D eigenvalue weighted by Gasteiger charge is -2.42. The third-order valence-electron chi connectivity index (χ3n) is 4.52. The zero-order valence-corrected chi connectivity index (χ0v) is 17.9. The van der Waals surface area contributed by atoms with Crippen LogP contribution in [0.4, 0.5) is 5.00 Å². The fourth-order valence-corrected chi connectivity index (χ4v) is 5.05. The lowest BCUT2D eigenvalue weighted by Crippen LogP contribution is -2.55. The molecule has 1 aliphatic heterocycles. The summed E-state index contributed by atoms with van der Waals surface area (Å²) in [6.45, 7) is 10.2. The van der Waals surface area contributed by atoms with Gasteiger partial charge in [0.05, 0.1) is 12.2 Å². The van der Waals surface area contributed by atoms with Crippen molar-refractivity contribution >= 4 is 28.2 Å². The van der Waals surface area contributed by atoms with Crippen LogP contribution in [0.2, 0.25) is 0 Å². The second-order valence-corrected chi connectivity index (χ2v) is 9.09. The molecule has 0 saturated heterocycles. The maximum atomic E-state index is 12.8. The molecule has 2 aromatic rings. The molecule has 0 atom stereocenters. The van der Waals surface area contributed by atoms with Crippen LogP contribution >= 0.6 is 11.3 Å². The molecule has 9 nitrogen and oxygen atoms in total. The Morgan fingerprint density at radius 3 is 2.76 bits per heavy atom. The Morgan fingerprint density at radius 1 is 1.41 bits per heavy atom. The normalized spacial score (nSPS) is 16.6. The average molecular weight is 417 g/mol. The first-order valence-corrected chi connectivity index (χ1v) is 10.1. The number of thiophene rings is 1. The number of fused-ring (bicyclic) bond motifs is 1. The maximum absolute atomic E-state index is 12.8. The second kappa shape index (κ2) is 7.57. The summed E-state index contributed by atoms with van der Waals surface area (Å²) in [5.41, 5.74) is 0.748. The molecule has 0 spiro atoms. The Kier molecular flexibility index (Phi) is 5.47. The maximum Gasteiger partial charge on any atom is 0.341 e. The fraction of sp³-hybridized carbons (Fsp3) is 0.526. The van der Waals surface area contributed by atoms with E-state index in [4.69, 9.17) is 10.00 Å². The number of rotatable bonds is 5. The first kappa shape index (κ1) is 21.0. The molecule has 3 heterocycles. The summed E-state index contributed by atoms with van der Waals surface area (Å²) >= 11 is 1.38. The number of hydrogen-bond donors (Lipinski definition) is 2. The molecule has 0 bridgehead atoms. The van der Waals surface area contributed by atoms with E-state index in [-0.39, 0.29) is 36.0 Å². The largest absolute Gasteiger partial charge is 0.462 e. The highest BCUT2D eigenvalue weighted by Gasteiger charge is 2.42. The summed E-state index contributed by atoms with van der Waals surface area (Å²) in [7, 11) is 0. The number of anilines is 1. The van der Waals surface area contributed by atoms with Crippen LogP contribution in [0.25, 0.3) is 0 Å². The number of nitriles is 1. The topological polar surface area (TPSA) is 122 Å². The van der Waals surface area contributed by atoms with Crippen molar-refractivity contribution in [1.29, 1.82) is 5.26 Å². The average Bonchev–Trinajstić information content (AvgIpc) is 3.18. The van der Waals surface area contributed by atoms with Crippen molar-refractivity contribution in [2.24, 2.45) is 0 Å². The van der Waals surface area contributed by atoms with Gasteiger partial charge in [-0.1, -0.05) is 0 Å². The number of carbonyl (C=O) groups excluding carboxylic acids is 2. The van der Waals surface area contributed by atoms with Crippen LogP contribution in [0.5, 0.6) is 0 Å². The molecular weight excluding hydrogens is 392 g/mol. The first-order chi connectivity index (χ1) is 13.6. The number of ether oxygens (including phenoxy) is 1. The Balaban J connectivity index is 1.95. The summed E-state index contributed by atoms with van der Waals surface area (Å²) < 4.78 is 6.56. The van der Waals surface area contributed by atoms with Crippen molar-refractivity contribution < 1.29 is 14.3 Å². The minimum atomic E-state index is -0.443. The number of nitrogens with one attached hydrogen (secondary N) is 2. The molecule has 1 aliphatic rings. The molecule has 0 fully saturated rings. The molecule has 2 N–H and O–H groups in total. The SMILES string of the molecule is CCOC(=O)c1c(NC(=O)Cn2cnc(C#N)n2)sc2c1CC(C)(C)NC2(C)C. The smallest absolute Gasteiger partial charge is 0.341 e. The molecule has 0 aromatic carbocycles. The van der Waals surface area contributed by atoms with Gasteiger partial charge in [-0.3, -0.25) is 4.79 Å². The zero-order valence-electron chi connectivity index (χ0n) is 17.1. The van der Waals surface area contributed by atoms with E-state index in [0.29, 0.717) is 17.0 Å². The number of aromatic nitrogens is 3. The van der Waals surface area contributed by atoms with Crippen LogP contribution in [-0.4, -0.2) is 38.8 Å².